The quantitative estimate of drug-likeness (QED) is 0.672. The second-order valence-electron chi connectivity index (χ2n) is 5.53. The summed E-state index contributed by atoms with van der Waals surface area (Å²) in [7, 11) is 0. The summed E-state index contributed by atoms with van der Waals surface area (Å²) < 4.78 is 5.92. The predicted octanol–water partition coefficient (Wildman–Crippen LogP) is 4.26. The van der Waals surface area contributed by atoms with Crippen molar-refractivity contribution in [1.82, 2.24) is 0 Å². The molecule has 2 aromatic carbocycles. The van der Waals surface area contributed by atoms with Crippen LogP contribution in [0.2, 0.25) is 0 Å². The van der Waals surface area contributed by atoms with Crippen molar-refractivity contribution in [3.63, 3.8) is 0 Å². The highest BCUT2D eigenvalue weighted by Gasteiger charge is 2.14. The molecule has 0 aliphatic rings. The van der Waals surface area contributed by atoms with Crippen LogP contribution < -0.4 is 5.43 Å². The molecule has 3 nitrogen and oxygen atoms in total. The van der Waals surface area contributed by atoms with Crippen LogP contribution in [0.15, 0.2) is 45.6 Å². The zero-order chi connectivity index (χ0) is 15.9. The van der Waals surface area contributed by atoms with E-state index in [9.17, 15) is 10.1 Å². The third-order valence-electron chi connectivity index (χ3n) is 3.95. The Morgan fingerprint density at radius 1 is 1.09 bits per heavy atom. The molecule has 3 heteroatoms. The first-order chi connectivity index (χ1) is 10.5. The molecule has 1 aromatic heterocycles. The van der Waals surface area contributed by atoms with Gasteiger partial charge in [-0.25, -0.2) is 0 Å². The van der Waals surface area contributed by atoms with Gasteiger partial charge in [0.1, 0.15) is 11.8 Å². The monoisotopic (exact) mass is 289 g/mol. The van der Waals surface area contributed by atoms with E-state index in [1.807, 2.05) is 45.0 Å². The lowest BCUT2D eigenvalue weighted by atomic mass is 10.00. The van der Waals surface area contributed by atoms with Gasteiger partial charge in [-0.15, -0.1) is 0 Å². The summed E-state index contributed by atoms with van der Waals surface area (Å²) >= 11 is 0. The van der Waals surface area contributed by atoms with Gasteiger partial charge in [-0.05, 0) is 44.0 Å². The Balaban J connectivity index is 2.40. The Morgan fingerprint density at radius 3 is 2.55 bits per heavy atom. The van der Waals surface area contributed by atoms with Gasteiger partial charge in [-0.2, -0.15) is 5.26 Å². The fourth-order valence-electron chi connectivity index (χ4n) is 2.59. The van der Waals surface area contributed by atoms with Gasteiger partial charge in [0.15, 0.2) is 11.0 Å². The van der Waals surface area contributed by atoms with E-state index >= 15 is 0 Å². The maximum absolute atomic E-state index is 12.4. The lowest BCUT2D eigenvalue weighted by molar-refractivity contribution is 0.617. The van der Waals surface area contributed by atoms with Crippen LogP contribution in [0, 0.1) is 32.1 Å². The molecule has 0 aliphatic heterocycles. The Bertz CT molecular complexity index is 991. The standard InChI is InChI=1S/C19H15NO2/c1-11-5-4-6-14(7-11)18-9-17(21)15-8-12(2)13(3)16(10-20)19(15)22-18/h4-9H,1-3H3. The summed E-state index contributed by atoms with van der Waals surface area (Å²) in [5, 5.41) is 9.88. The van der Waals surface area contributed by atoms with Crippen LogP contribution in [-0.4, -0.2) is 0 Å². The van der Waals surface area contributed by atoms with Crippen LogP contribution in [0.25, 0.3) is 22.3 Å². The van der Waals surface area contributed by atoms with Crippen molar-refractivity contribution < 1.29 is 4.42 Å². The first-order valence-electron chi connectivity index (χ1n) is 7.06. The molecule has 0 unspecified atom stereocenters. The molecular formula is C19H15NO2. The normalized spacial score (nSPS) is 10.6. The van der Waals surface area contributed by atoms with E-state index in [0.29, 0.717) is 22.3 Å². The fourth-order valence-corrected chi connectivity index (χ4v) is 2.59. The molecule has 0 atom stereocenters. The van der Waals surface area contributed by atoms with E-state index in [-0.39, 0.29) is 5.43 Å². The zero-order valence-electron chi connectivity index (χ0n) is 12.7. The van der Waals surface area contributed by atoms with Crippen LogP contribution in [0.5, 0.6) is 0 Å². The van der Waals surface area contributed by atoms with Crippen molar-refractivity contribution in [3.8, 4) is 17.4 Å². The second-order valence-corrected chi connectivity index (χ2v) is 5.53. The second kappa shape index (κ2) is 5.16. The smallest absolute Gasteiger partial charge is 0.193 e. The Morgan fingerprint density at radius 2 is 1.86 bits per heavy atom. The molecule has 0 aliphatic carbocycles. The maximum Gasteiger partial charge on any atom is 0.193 e. The fraction of sp³-hybridized carbons (Fsp3) is 0.158. The molecule has 0 bridgehead atoms. The molecular weight excluding hydrogens is 274 g/mol. The van der Waals surface area contributed by atoms with Crippen molar-refractivity contribution in [2.45, 2.75) is 20.8 Å². The van der Waals surface area contributed by atoms with Crippen molar-refractivity contribution in [1.29, 1.82) is 5.26 Å². The van der Waals surface area contributed by atoms with E-state index < -0.39 is 0 Å². The van der Waals surface area contributed by atoms with Crippen LogP contribution in [0.1, 0.15) is 22.3 Å². The van der Waals surface area contributed by atoms with Crippen molar-refractivity contribution >= 4 is 11.0 Å². The number of nitriles is 1. The number of hydrogen-bond acceptors (Lipinski definition) is 3. The molecule has 0 saturated heterocycles. The lowest BCUT2D eigenvalue weighted by Crippen LogP contribution is -2.03. The van der Waals surface area contributed by atoms with Gasteiger partial charge in [0.25, 0.3) is 0 Å². The number of fused-ring (bicyclic) bond motifs is 1. The van der Waals surface area contributed by atoms with E-state index in [1.165, 1.54) is 6.07 Å². The molecule has 0 saturated carbocycles. The summed E-state index contributed by atoms with van der Waals surface area (Å²) in [4.78, 5) is 12.4. The zero-order valence-corrected chi connectivity index (χ0v) is 12.7. The summed E-state index contributed by atoms with van der Waals surface area (Å²) in [5.74, 6) is 0.487. The number of aryl methyl sites for hydroxylation is 2. The maximum atomic E-state index is 12.4. The molecule has 3 aromatic rings. The number of benzene rings is 2. The molecule has 0 spiro atoms. The predicted molar refractivity (Wildman–Crippen MR) is 86.8 cm³/mol. The number of rotatable bonds is 1. The van der Waals surface area contributed by atoms with Gasteiger partial charge in [-0.1, -0.05) is 23.8 Å². The third kappa shape index (κ3) is 2.19. The van der Waals surface area contributed by atoms with E-state index in [2.05, 4.69) is 6.07 Å². The number of nitrogens with zero attached hydrogens (tertiary/aromatic N) is 1. The Hall–Kier alpha value is -2.86. The molecule has 0 N–H and O–H groups in total. The third-order valence-corrected chi connectivity index (χ3v) is 3.95. The Labute approximate surface area is 128 Å². The molecule has 108 valence electrons. The highest BCUT2D eigenvalue weighted by molar-refractivity contribution is 5.86. The van der Waals surface area contributed by atoms with Crippen molar-refractivity contribution in [3.05, 3.63) is 68.9 Å². The molecule has 1 heterocycles. The van der Waals surface area contributed by atoms with E-state index in [4.69, 9.17) is 4.42 Å². The lowest BCUT2D eigenvalue weighted by Gasteiger charge is -2.09. The van der Waals surface area contributed by atoms with Crippen molar-refractivity contribution in [2.75, 3.05) is 0 Å². The van der Waals surface area contributed by atoms with Gasteiger partial charge >= 0.3 is 0 Å². The molecule has 0 amide bonds. The Kier molecular flexibility index (Phi) is 3.30. The van der Waals surface area contributed by atoms with Gasteiger partial charge in [0.2, 0.25) is 0 Å². The minimum Gasteiger partial charge on any atom is -0.454 e. The van der Waals surface area contributed by atoms with Crippen LogP contribution in [-0.2, 0) is 0 Å². The first-order valence-corrected chi connectivity index (χ1v) is 7.06. The minimum atomic E-state index is -0.127. The summed E-state index contributed by atoms with van der Waals surface area (Å²) in [5.41, 5.74) is 4.36. The van der Waals surface area contributed by atoms with Gasteiger partial charge < -0.3 is 4.42 Å². The van der Waals surface area contributed by atoms with E-state index in [0.717, 1.165) is 22.3 Å². The number of hydrogen-bond donors (Lipinski definition) is 0. The van der Waals surface area contributed by atoms with Crippen LogP contribution in [0.4, 0.5) is 0 Å². The average molecular weight is 289 g/mol. The largest absolute Gasteiger partial charge is 0.454 e. The van der Waals surface area contributed by atoms with E-state index in [1.54, 1.807) is 6.07 Å². The highest BCUT2D eigenvalue weighted by Crippen LogP contribution is 2.27. The molecule has 0 radical (unpaired) electrons. The average Bonchev–Trinajstić information content (AvgIpc) is 2.49. The minimum absolute atomic E-state index is 0.127. The summed E-state index contributed by atoms with van der Waals surface area (Å²) in [6.45, 7) is 5.74. The summed E-state index contributed by atoms with van der Waals surface area (Å²) in [6.07, 6.45) is 0. The molecule has 3 rings (SSSR count). The molecule has 0 fully saturated rings. The topological polar surface area (TPSA) is 54.0 Å². The van der Waals surface area contributed by atoms with Crippen LogP contribution >= 0.6 is 0 Å². The molecule has 22 heavy (non-hydrogen) atoms. The highest BCUT2D eigenvalue weighted by atomic mass is 16.3. The SMILES string of the molecule is Cc1cccc(-c2cc(=O)c3cc(C)c(C)c(C#N)c3o2)c1. The first kappa shape index (κ1) is 14.1. The summed E-state index contributed by atoms with van der Waals surface area (Å²) in [6, 6.07) is 13.2. The van der Waals surface area contributed by atoms with Gasteiger partial charge in [0, 0.05) is 11.6 Å². The van der Waals surface area contributed by atoms with Crippen molar-refractivity contribution in [2.24, 2.45) is 0 Å². The van der Waals surface area contributed by atoms with Gasteiger partial charge in [0.05, 0.1) is 10.9 Å². The van der Waals surface area contributed by atoms with Crippen LogP contribution in [0.3, 0.4) is 0 Å². The van der Waals surface area contributed by atoms with Gasteiger partial charge in [-0.3, -0.25) is 4.79 Å².